The van der Waals surface area contributed by atoms with E-state index >= 15 is 0 Å². The van der Waals surface area contributed by atoms with E-state index in [1.54, 1.807) is 0 Å². The fourth-order valence-corrected chi connectivity index (χ4v) is 3.22. The van der Waals surface area contributed by atoms with Crippen LogP contribution in [0.3, 0.4) is 0 Å². The maximum atomic E-state index is 12.0. The Bertz CT molecular complexity index is 297. The molecule has 0 bridgehead atoms. The zero-order valence-electron chi connectivity index (χ0n) is 13.9. The smallest absolute Gasteiger partial charge is 0.220 e. The molecule has 1 fully saturated rings. The van der Waals surface area contributed by atoms with Crippen molar-refractivity contribution in [2.75, 3.05) is 13.1 Å². The third-order valence-electron chi connectivity index (χ3n) is 5.28. The standard InChI is InChI=1S/C17H34N2O/c1-5-17(10-6-11-17)13-19-15(20)8-7-14(9-12-18)16(2,3)4/h14H,5-13,18H2,1-4H3,(H,19,20). The zero-order chi connectivity index (χ0) is 15.2. The van der Waals surface area contributed by atoms with Crippen LogP contribution < -0.4 is 11.1 Å². The van der Waals surface area contributed by atoms with Crippen molar-refractivity contribution in [1.29, 1.82) is 0 Å². The van der Waals surface area contributed by atoms with Crippen LogP contribution in [0.15, 0.2) is 0 Å². The highest BCUT2D eigenvalue weighted by Crippen LogP contribution is 2.43. The van der Waals surface area contributed by atoms with Gasteiger partial charge in [0.1, 0.15) is 0 Å². The first-order chi connectivity index (χ1) is 9.33. The number of nitrogens with two attached hydrogens (primary N) is 1. The molecule has 0 radical (unpaired) electrons. The Labute approximate surface area is 125 Å². The molecule has 1 saturated carbocycles. The molecule has 3 nitrogen and oxygen atoms in total. The predicted octanol–water partition coefficient (Wildman–Crippen LogP) is 3.47. The summed E-state index contributed by atoms with van der Waals surface area (Å²) in [5.74, 6) is 0.748. The molecule has 0 aromatic carbocycles. The number of amides is 1. The summed E-state index contributed by atoms with van der Waals surface area (Å²) in [7, 11) is 0. The highest BCUT2D eigenvalue weighted by molar-refractivity contribution is 5.75. The lowest BCUT2D eigenvalue weighted by atomic mass is 9.67. The molecule has 0 aromatic rings. The van der Waals surface area contributed by atoms with E-state index in [2.05, 4.69) is 33.0 Å². The number of nitrogens with one attached hydrogen (secondary N) is 1. The van der Waals surface area contributed by atoms with Crippen molar-refractivity contribution in [3.05, 3.63) is 0 Å². The lowest BCUT2D eigenvalue weighted by Crippen LogP contribution is -2.41. The molecule has 1 unspecified atom stereocenters. The minimum absolute atomic E-state index is 0.219. The molecular weight excluding hydrogens is 248 g/mol. The summed E-state index contributed by atoms with van der Waals surface area (Å²) in [6.07, 6.45) is 7.67. The van der Waals surface area contributed by atoms with Crippen LogP contribution in [0.1, 0.15) is 72.6 Å². The van der Waals surface area contributed by atoms with E-state index in [4.69, 9.17) is 5.73 Å². The van der Waals surface area contributed by atoms with E-state index in [9.17, 15) is 4.79 Å². The maximum absolute atomic E-state index is 12.0. The fraction of sp³-hybridized carbons (Fsp3) is 0.941. The van der Waals surface area contributed by atoms with Crippen LogP contribution in [0.4, 0.5) is 0 Å². The summed E-state index contributed by atoms with van der Waals surface area (Å²) < 4.78 is 0. The Kier molecular flexibility index (Phi) is 6.50. The summed E-state index contributed by atoms with van der Waals surface area (Å²) in [5.41, 5.74) is 6.34. The van der Waals surface area contributed by atoms with E-state index < -0.39 is 0 Å². The van der Waals surface area contributed by atoms with Crippen LogP contribution in [0.2, 0.25) is 0 Å². The molecule has 1 amide bonds. The van der Waals surface area contributed by atoms with Crippen molar-refractivity contribution in [1.82, 2.24) is 5.32 Å². The fourth-order valence-electron chi connectivity index (χ4n) is 3.22. The van der Waals surface area contributed by atoms with Gasteiger partial charge in [-0.25, -0.2) is 0 Å². The highest BCUT2D eigenvalue weighted by Gasteiger charge is 2.35. The molecule has 1 rings (SSSR count). The molecule has 20 heavy (non-hydrogen) atoms. The van der Waals surface area contributed by atoms with Gasteiger partial charge in [-0.3, -0.25) is 4.79 Å². The number of carbonyl (C=O) groups excluding carboxylic acids is 1. The van der Waals surface area contributed by atoms with Crippen LogP contribution >= 0.6 is 0 Å². The SMILES string of the molecule is CCC1(CNC(=O)CCC(CCN)C(C)(C)C)CCC1. The minimum Gasteiger partial charge on any atom is -0.356 e. The van der Waals surface area contributed by atoms with Gasteiger partial charge in [0.25, 0.3) is 0 Å². The Morgan fingerprint density at radius 3 is 2.35 bits per heavy atom. The Hall–Kier alpha value is -0.570. The maximum Gasteiger partial charge on any atom is 0.220 e. The number of hydrogen-bond donors (Lipinski definition) is 2. The van der Waals surface area contributed by atoms with E-state index in [-0.39, 0.29) is 11.3 Å². The summed E-state index contributed by atoms with van der Waals surface area (Å²) in [6, 6.07) is 0. The van der Waals surface area contributed by atoms with E-state index in [1.165, 1.54) is 25.7 Å². The predicted molar refractivity (Wildman–Crippen MR) is 85.4 cm³/mol. The van der Waals surface area contributed by atoms with E-state index in [0.717, 1.165) is 19.4 Å². The molecule has 0 saturated heterocycles. The zero-order valence-corrected chi connectivity index (χ0v) is 13.9. The van der Waals surface area contributed by atoms with Crippen molar-refractivity contribution in [2.45, 2.75) is 72.6 Å². The molecular formula is C17H34N2O. The van der Waals surface area contributed by atoms with E-state index in [1.807, 2.05) is 0 Å². The lowest BCUT2D eigenvalue weighted by molar-refractivity contribution is -0.122. The summed E-state index contributed by atoms with van der Waals surface area (Å²) in [4.78, 5) is 12.0. The Morgan fingerprint density at radius 1 is 1.30 bits per heavy atom. The molecule has 0 aliphatic heterocycles. The van der Waals surface area contributed by atoms with Crippen molar-refractivity contribution >= 4 is 5.91 Å². The van der Waals surface area contributed by atoms with Crippen LogP contribution in [-0.2, 0) is 4.79 Å². The molecule has 0 heterocycles. The monoisotopic (exact) mass is 282 g/mol. The third-order valence-corrected chi connectivity index (χ3v) is 5.28. The van der Waals surface area contributed by atoms with Gasteiger partial charge in [-0.2, -0.15) is 0 Å². The first-order valence-corrected chi connectivity index (χ1v) is 8.30. The van der Waals surface area contributed by atoms with E-state index in [0.29, 0.717) is 24.3 Å². The first kappa shape index (κ1) is 17.5. The average molecular weight is 282 g/mol. The van der Waals surface area contributed by atoms with Crippen LogP contribution in [0, 0.1) is 16.7 Å². The van der Waals surface area contributed by atoms with Gasteiger partial charge in [0.2, 0.25) is 5.91 Å². The highest BCUT2D eigenvalue weighted by atomic mass is 16.1. The second kappa shape index (κ2) is 7.44. The quantitative estimate of drug-likeness (QED) is 0.716. The number of carbonyl (C=O) groups is 1. The van der Waals surface area contributed by atoms with Crippen LogP contribution in [0.25, 0.3) is 0 Å². The summed E-state index contributed by atoms with van der Waals surface area (Å²) >= 11 is 0. The van der Waals surface area contributed by atoms with Crippen LogP contribution in [0.5, 0.6) is 0 Å². The summed E-state index contributed by atoms with van der Waals surface area (Å²) in [6.45, 7) is 10.5. The largest absolute Gasteiger partial charge is 0.356 e. The van der Waals surface area contributed by atoms with Gasteiger partial charge in [0.05, 0.1) is 0 Å². The average Bonchev–Trinajstić information content (AvgIpc) is 2.32. The molecule has 1 aliphatic rings. The topological polar surface area (TPSA) is 55.1 Å². The minimum atomic E-state index is 0.219. The molecule has 1 aliphatic carbocycles. The van der Waals surface area contributed by atoms with Crippen LogP contribution in [-0.4, -0.2) is 19.0 Å². The van der Waals surface area contributed by atoms with Crippen molar-refractivity contribution in [2.24, 2.45) is 22.5 Å². The van der Waals surface area contributed by atoms with Gasteiger partial charge in [-0.15, -0.1) is 0 Å². The molecule has 118 valence electrons. The lowest BCUT2D eigenvalue weighted by Gasteiger charge is -2.41. The number of hydrogen-bond acceptors (Lipinski definition) is 2. The van der Waals surface area contributed by atoms with Crippen molar-refractivity contribution < 1.29 is 4.79 Å². The van der Waals surface area contributed by atoms with Gasteiger partial charge < -0.3 is 11.1 Å². The van der Waals surface area contributed by atoms with Gasteiger partial charge in [-0.05, 0) is 55.4 Å². The van der Waals surface area contributed by atoms with Gasteiger partial charge >= 0.3 is 0 Å². The Morgan fingerprint density at radius 2 is 1.95 bits per heavy atom. The molecule has 1 atom stereocenters. The van der Waals surface area contributed by atoms with Gasteiger partial charge in [0.15, 0.2) is 0 Å². The van der Waals surface area contributed by atoms with Crippen molar-refractivity contribution in [3.63, 3.8) is 0 Å². The molecule has 0 spiro atoms. The Balaban J connectivity index is 2.31. The molecule has 3 heteroatoms. The van der Waals surface area contributed by atoms with Gasteiger partial charge in [0, 0.05) is 13.0 Å². The third kappa shape index (κ3) is 5.08. The normalized spacial score (nSPS) is 19.2. The molecule has 0 aromatic heterocycles. The second-order valence-electron chi connectivity index (χ2n) is 7.66. The molecule has 3 N–H and O–H groups in total. The van der Waals surface area contributed by atoms with Crippen molar-refractivity contribution in [3.8, 4) is 0 Å². The number of rotatable bonds is 8. The second-order valence-corrected chi connectivity index (χ2v) is 7.66. The first-order valence-electron chi connectivity index (χ1n) is 8.30. The summed E-state index contributed by atoms with van der Waals surface area (Å²) in [5, 5.41) is 3.16. The van der Waals surface area contributed by atoms with Gasteiger partial charge in [-0.1, -0.05) is 34.1 Å².